The molecule has 0 radical (unpaired) electrons. The Bertz CT molecular complexity index is 720. The molecular formula is C30H50. The maximum atomic E-state index is 2.45. The Kier molecular flexibility index (Phi) is 8.81. The first-order valence-electron chi connectivity index (χ1n) is 12.0. The zero-order valence-corrected chi connectivity index (χ0v) is 22.6. The molecule has 0 aliphatic heterocycles. The maximum Gasteiger partial charge on any atom is 0.00562 e. The highest BCUT2D eigenvalue weighted by molar-refractivity contribution is 5.47. The van der Waals surface area contributed by atoms with Gasteiger partial charge in [0, 0.05) is 5.92 Å². The van der Waals surface area contributed by atoms with E-state index in [0.29, 0.717) is 29.1 Å². The average molecular weight is 411 g/mol. The Morgan fingerprint density at radius 2 is 1.00 bits per heavy atom. The summed E-state index contributed by atoms with van der Waals surface area (Å²) in [4.78, 5) is 0. The van der Waals surface area contributed by atoms with Gasteiger partial charge < -0.3 is 0 Å². The lowest BCUT2D eigenvalue weighted by Crippen LogP contribution is -2.20. The molecule has 0 saturated carbocycles. The molecule has 0 N–H and O–H groups in total. The van der Waals surface area contributed by atoms with E-state index in [1.54, 1.807) is 16.7 Å². The molecule has 0 heteroatoms. The number of hydrogen-bond donors (Lipinski definition) is 0. The molecule has 0 nitrogen and oxygen atoms in total. The smallest absolute Gasteiger partial charge is 0.00562 e. The summed E-state index contributed by atoms with van der Waals surface area (Å²) < 4.78 is 0. The van der Waals surface area contributed by atoms with Gasteiger partial charge in [-0.25, -0.2) is 0 Å². The Morgan fingerprint density at radius 1 is 0.633 bits per heavy atom. The van der Waals surface area contributed by atoms with Gasteiger partial charge in [-0.2, -0.15) is 0 Å². The molecule has 1 aliphatic rings. The van der Waals surface area contributed by atoms with Crippen molar-refractivity contribution in [3.63, 3.8) is 0 Å². The Morgan fingerprint density at radius 3 is 1.20 bits per heavy atom. The van der Waals surface area contributed by atoms with Crippen LogP contribution in [0, 0.1) is 11.3 Å². The highest BCUT2D eigenvalue weighted by atomic mass is 14.3. The number of hydrogen-bond acceptors (Lipinski definition) is 0. The van der Waals surface area contributed by atoms with E-state index >= 15 is 0 Å². The third-order valence-corrected chi connectivity index (χ3v) is 6.27. The predicted octanol–water partition coefficient (Wildman–Crippen LogP) is 9.91. The summed E-state index contributed by atoms with van der Waals surface area (Å²) in [5.74, 6) is 2.45. The van der Waals surface area contributed by atoms with Crippen LogP contribution in [0.3, 0.4) is 0 Å². The molecule has 1 aromatic carbocycles. The van der Waals surface area contributed by atoms with Crippen molar-refractivity contribution in [3.8, 4) is 0 Å². The van der Waals surface area contributed by atoms with E-state index in [-0.39, 0.29) is 5.41 Å². The van der Waals surface area contributed by atoms with Crippen LogP contribution >= 0.6 is 0 Å². The quantitative estimate of drug-likeness (QED) is 0.465. The van der Waals surface area contributed by atoms with Gasteiger partial charge in [-0.3, -0.25) is 0 Å². The summed E-state index contributed by atoms with van der Waals surface area (Å²) in [6.45, 7) is 32.2. The first-order chi connectivity index (χ1) is 13.5. The minimum Gasteiger partial charge on any atom is -0.0656 e. The maximum absolute atomic E-state index is 2.45. The molecule has 1 aliphatic carbocycles. The van der Waals surface area contributed by atoms with E-state index in [1.807, 2.05) is 0 Å². The molecule has 0 saturated heterocycles. The molecule has 0 unspecified atom stereocenters. The normalized spacial score (nSPS) is 15.5. The first kappa shape index (κ1) is 26.7. The van der Waals surface area contributed by atoms with Gasteiger partial charge in [0.15, 0.2) is 0 Å². The summed E-state index contributed by atoms with van der Waals surface area (Å²) in [6.07, 6.45) is 4.48. The van der Waals surface area contributed by atoms with Crippen LogP contribution in [0.25, 0.3) is 0 Å². The minimum atomic E-state index is 0.217. The molecular weight excluding hydrogens is 360 g/mol. The topological polar surface area (TPSA) is 0 Å². The summed E-state index contributed by atoms with van der Waals surface area (Å²) >= 11 is 0. The molecule has 1 aromatic rings. The van der Waals surface area contributed by atoms with Gasteiger partial charge in [-0.05, 0) is 64.7 Å². The fourth-order valence-electron chi connectivity index (χ4n) is 5.00. The van der Waals surface area contributed by atoms with E-state index in [0.717, 1.165) is 0 Å². The molecule has 0 atom stereocenters. The summed E-state index contributed by atoms with van der Waals surface area (Å²) in [7, 11) is 0. The van der Waals surface area contributed by atoms with Crippen molar-refractivity contribution < 1.29 is 0 Å². The van der Waals surface area contributed by atoms with E-state index in [4.69, 9.17) is 0 Å². The molecule has 0 spiro atoms. The lowest BCUT2D eigenvalue weighted by molar-refractivity contribution is 0.320. The standard InChI is InChI=1S/C19H32.C11H18/c1-12(2)15-10-16(13(3)4)18(19(7,8)9)17(11-15)14(5)6;1-8-6-7-9(2)10(8)11(3,4)5/h10-14H,1-9H3;6-7,10H,1-5H3. The van der Waals surface area contributed by atoms with Crippen LogP contribution in [0.2, 0.25) is 0 Å². The lowest BCUT2D eigenvalue weighted by Gasteiger charge is -2.31. The van der Waals surface area contributed by atoms with Crippen LogP contribution < -0.4 is 0 Å². The second-order valence-electron chi connectivity index (χ2n) is 12.4. The third-order valence-electron chi connectivity index (χ3n) is 6.27. The molecule has 30 heavy (non-hydrogen) atoms. The van der Waals surface area contributed by atoms with E-state index < -0.39 is 0 Å². The van der Waals surface area contributed by atoms with Crippen molar-refractivity contribution in [2.24, 2.45) is 11.3 Å². The van der Waals surface area contributed by atoms with Gasteiger partial charge in [0.05, 0.1) is 0 Å². The number of rotatable bonds is 3. The second kappa shape index (κ2) is 9.88. The van der Waals surface area contributed by atoms with Gasteiger partial charge in [-0.1, -0.05) is 119 Å². The second-order valence-corrected chi connectivity index (χ2v) is 12.4. The fourth-order valence-corrected chi connectivity index (χ4v) is 5.00. The third kappa shape index (κ3) is 6.60. The van der Waals surface area contributed by atoms with Gasteiger partial charge in [0.25, 0.3) is 0 Å². The van der Waals surface area contributed by atoms with Gasteiger partial charge in [0.1, 0.15) is 0 Å². The van der Waals surface area contributed by atoms with Crippen molar-refractivity contribution in [1.82, 2.24) is 0 Å². The Balaban J connectivity index is 0.000000346. The van der Waals surface area contributed by atoms with Crippen LogP contribution in [0.5, 0.6) is 0 Å². The fraction of sp³-hybridized carbons (Fsp3) is 0.667. The van der Waals surface area contributed by atoms with Crippen molar-refractivity contribution in [1.29, 1.82) is 0 Å². The van der Waals surface area contributed by atoms with Crippen molar-refractivity contribution in [3.05, 3.63) is 57.7 Å². The molecule has 170 valence electrons. The minimum absolute atomic E-state index is 0.217. The molecule has 0 amide bonds. The van der Waals surface area contributed by atoms with Crippen LogP contribution in [0.4, 0.5) is 0 Å². The van der Waals surface area contributed by atoms with Crippen LogP contribution in [-0.2, 0) is 5.41 Å². The lowest BCUT2D eigenvalue weighted by atomic mass is 9.74. The Hall–Kier alpha value is -1.30. The number of allylic oxidation sites excluding steroid dienone is 4. The first-order valence-corrected chi connectivity index (χ1v) is 12.0. The summed E-state index contributed by atoms with van der Waals surface area (Å²) in [5.41, 5.74) is 9.77. The molecule has 0 fully saturated rings. The van der Waals surface area contributed by atoms with Crippen molar-refractivity contribution >= 4 is 0 Å². The zero-order chi connectivity index (χ0) is 23.6. The SMILES string of the molecule is CC(C)c1cc(C(C)C)c(C(C)(C)C)c(C(C)C)c1.CC1=CC=C(C)C1C(C)(C)C. The van der Waals surface area contributed by atoms with Gasteiger partial charge in [0.2, 0.25) is 0 Å². The van der Waals surface area contributed by atoms with Crippen LogP contribution in [0.1, 0.15) is 137 Å². The largest absolute Gasteiger partial charge is 0.0656 e. The van der Waals surface area contributed by atoms with E-state index in [1.165, 1.54) is 16.7 Å². The van der Waals surface area contributed by atoms with E-state index in [9.17, 15) is 0 Å². The summed E-state index contributed by atoms with van der Waals surface area (Å²) in [6, 6.07) is 4.89. The highest BCUT2D eigenvalue weighted by Crippen LogP contribution is 2.40. The van der Waals surface area contributed by atoms with Crippen molar-refractivity contribution in [2.45, 2.75) is 120 Å². The van der Waals surface area contributed by atoms with E-state index in [2.05, 4.69) is 121 Å². The van der Waals surface area contributed by atoms with Gasteiger partial charge in [-0.15, -0.1) is 0 Å². The van der Waals surface area contributed by atoms with Crippen LogP contribution in [-0.4, -0.2) is 0 Å². The molecule has 2 rings (SSSR count). The molecule has 0 bridgehead atoms. The highest BCUT2D eigenvalue weighted by Gasteiger charge is 2.29. The molecule has 0 aromatic heterocycles. The Labute approximate surface area is 189 Å². The van der Waals surface area contributed by atoms with Crippen molar-refractivity contribution in [2.75, 3.05) is 0 Å². The zero-order valence-electron chi connectivity index (χ0n) is 22.6. The predicted molar refractivity (Wildman–Crippen MR) is 138 cm³/mol. The number of benzene rings is 1. The van der Waals surface area contributed by atoms with Crippen LogP contribution in [0.15, 0.2) is 35.4 Å². The monoisotopic (exact) mass is 410 g/mol. The summed E-state index contributed by atoms with van der Waals surface area (Å²) in [5, 5.41) is 0. The average Bonchev–Trinajstić information content (AvgIpc) is 2.91. The molecule has 0 heterocycles. The van der Waals surface area contributed by atoms with Gasteiger partial charge >= 0.3 is 0 Å².